The molecule has 1 aliphatic heterocycles. The molecule has 0 saturated carbocycles. The van der Waals surface area contributed by atoms with Crippen LogP contribution in [0.15, 0.2) is 0 Å². The summed E-state index contributed by atoms with van der Waals surface area (Å²) < 4.78 is 9.88. The van der Waals surface area contributed by atoms with Crippen LogP contribution >= 0.6 is 0 Å². The molecule has 0 spiro atoms. The molecule has 1 aliphatic rings. The molecule has 0 radical (unpaired) electrons. The fourth-order valence-electron chi connectivity index (χ4n) is 2.40. The number of esters is 1. The van der Waals surface area contributed by atoms with E-state index in [4.69, 9.17) is 4.74 Å². The van der Waals surface area contributed by atoms with Crippen LogP contribution in [0.3, 0.4) is 0 Å². The van der Waals surface area contributed by atoms with Crippen molar-refractivity contribution >= 4 is 18.2 Å². The van der Waals surface area contributed by atoms with Gasteiger partial charge in [-0.25, -0.2) is 4.79 Å². The number of aldehydes is 1. The first kappa shape index (κ1) is 14.6. The third kappa shape index (κ3) is 1.70. The summed E-state index contributed by atoms with van der Waals surface area (Å²) in [5.41, 5.74) is -3.05. The van der Waals surface area contributed by atoms with Gasteiger partial charge >= 0.3 is 5.97 Å². The molecule has 7 heteroatoms. The molecule has 0 aromatic rings. The molecule has 7 nitrogen and oxygen atoms in total. The number of amides is 1. The van der Waals surface area contributed by atoms with Crippen molar-refractivity contribution in [2.45, 2.75) is 24.5 Å². The van der Waals surface area contributed by atoms with Crippen LogP contribution in [-0.4, -0.2) is 55.2 Å². The van der Waals surface area contributed by atoms with E-state index in [1.807, 2.05) is 0 Å². The van der Waals surface area contributed by atoms with Gasteiger partial charge in [0.1, 0.15) is 11.9 Å². The maximum absolute atomic E-state index is 11.9. The van der Waals surface area contributed by atoms with E-state index in [9.17, 15) is 19.5 Å². The summed E-state index contributed by atoms with van der Waals surface area (Å²) in [5.74, 6) is -2.19. The average molecular weight is 259 g/mol. The Morgan fingerprint density at radius 3 is 2.56 bits per heavy atom. The number of rotatable bonds is 5. The second kappa shape index (κ2) is 5.03. The molecule has 2 N–H and O–H groups in total. The van der Waals surface area contributed by atoms with Crippen molar-refractivity contribution in [1.82, 2.24) is 5.32 Å². The molecule has 0 aliphatic carbocycles. The lowest BCUT2D eigenvalue weighted by Crippen LogP contribution is -2.65. The summed E-state index contributed by atoms with van der Waals surface area (Å²) in [5, 5.41) is 11.9. The van der Waals surface area contributed by atoms with Crippen molar-refractivity contribution in [3.8, 4) is 0 Å². The van der Waals surface area contributed by atoms with Gasteiger partial charge < -0.3 is 24.7 Å². The van der Waals surface area contributed by atoms with E-state index in [1.54, 1.807) is 0 Å². The van der Waals surface area contributed by atoms with E-state index in [0.717, 1.165) is 7.11 Å². The van der Waals surface area contributed by atoms with Gasteiger partial charge in [0.2, 0.25) is 5.91 Å². The number of hydrogen-bond donors (Lipinski definition) is 2. The molecule has 1 fully saturated rings. The lowest BCUT2D eigenvalue weighted by Gasteiger charge is -2.39. The van der Waals surface area contributed by atoms with Gasteiger partial charge in [0.25, 0.3) is 0 Å². The van der Waals surface area contributed by atoms with Gasteiger partial charge in [0.15, 0.2) is 5.54 Å². The molecule has 1 heterocycles. The van der Waals surface area contributed by atoms with Crippen LogP contribution in [0.1, 0.15) is 13.3 Å². The molecule has 0 bridgehead atoms. The van der Waals surface area contributed by atoms with Crippen LogP contribution in [0.2, 0.25) is 0 Å². The fraction of sp³-hybridized carbons (Fsp3) is 0.727. The summed E-state index contributed by atoms with van der Waals surface area (Å²) in [6.45, 7) is 0.817. The molecule has 0 aromatic heterocycles. The Labute approximate surface area is 104 Å². The minimum atomic E-state index is -1.69. The van der Waals surface area contributed by atoms with Crippen molar-refractivity contribution in [1.29, 1.82) is 0 Å². The lowest BCUT2D eigenvalue weighted by molar-refractivity contribution is -0.167. The van der Waals surface area contributed by atoms with E-state index >= 15 is 0 Å². The highest BCUT2D eigenvalue weighted by atomic mass is 16.5. The van der Waals surface area contributed by atoms with Crippen molar-refractivity contribution in [3.05, 3.63) is 0 Å². The summed E-state index contributed by atoms with van der Waals surface area (Å²) in [6.07, 6.45) is 0.473. The van der Waals surface area contributed by atoms with Crippen molar-refractivity contribution in [2.75, 3.05) is 20.8 Å². The van der Waals surface area contributed by atoms with Gasteiger partial charge in [0, 0.05) is 13.5 Å². The first-order chi connectivity index (χ1) is 8.43. The third-order valence-electron chi connectivity index (χ3n) is 3.69. The van der Waals surface area contributed by atoms with Gasteiger partial charge in [0.05, 0.1) is 19.6 Å². The average Bonchev–Trinajstić information content (AvgIpc) is 2.60. The van der Waals surface area contributed by atoms with Crippen LogP contribution in [0.5, 0.6) is 0 Å². The number of hydrogen-bond acceptors (Lipinski definition) is 6. The highest BCUT2D eigenvalue weighted by molar-refractivity contribution is 5.97. The second-order valence-electron chi connectivity index (χ2n) is 4.31. The van der Waals surface area contributed by atoms with Gasteiger partial charge in [-0.05, 0) is 6.92 Å². The Morgan fingerprint density at radius 2 is 2.17 bits per heavy atom. The minimum absolute atomic E-state index is 0.102. The van der Waals surface area contributed by atoms with Gasteiger partial charge in [-0.15, -0.1) is 0 Å². The Morgan fingerprint density at radius 1 is 1.56 bits per heavy atom. The normalized spacial score (nSPS) is 35.1. The van der Waals surface area contributed by atoms with E-state index < -0.39 is 35.5 Å². The Bertz CT molecular complexity index is 371. The minimum Gasteiger partial charge on any atom is -0.467 e. The number of carbonyl (C=O) groups excluding carboxylic acids is 3. The zero-order chi connectivity index (χ0) is 14.0. The summed E-state index contributed by atoms with van der Waals surface area (Å²) in [7, 11) is 2.46. The highest BCUT2D eigenvalue weighted by Gasteiger charge is 2.66. The van der Waals surface area contributed by atoms with Gasteiger partial charge in [-0.1, -0.05) is 0 Å². The van der Waals surface area contributed by atoms with E-state index in [1.165, 1.54) is 14.0 Å². The molecule has 1 rings (SSSR count). The van der Waals surface area contributed by atoms with Crippen molar-refractivity contribution in [2.24, 2.45) is 5.92 Å². The summed E-state index contributed by atoms with van der Waals surface area (Å²) in [4.78, 5) is 34.4. The van der Waals surface area contributed by atoms with Crippen LogP contribution in [0, 0.1) is 5.92 Å². The molecular weight excluding hydrogens is 242 g/mol. The standard InChI is InChI=1S/C11H17NO6/c1-10(18-3)7(4-5-13)8(15)12-11(10,6-14)9(16)17-2/h5,7,14H,4,6H2,1-3H3,(H,12,15)/t7-,10-,11-/m0/s1. The fourth-order valence-corrected chi connectivity index (χ4v) is 2.40. The number of aliphatic hydroxyl groups is 1. The van der Waals surface area contributed by atoms with Crippen LogP contribution in [-0.2, 0) is 23.9 Å². The predicted molar refractivity (Wildman–Crippen MR) is 59.6 cm³/mol. The first-order valence-electron chi connectivity index (χ1n) is 5.43. The Hall–Kier alpha value is -1.47. The molecule has 0 unspecified atom stereocenters. The van der Waals surface area contributed by atoms with E-state index in [0.29, 0.717) is 6.29 Å². The van der Waals surface area contributed by atoms with Crippen LogP contribution < -0.4 is 5.32 Å². The van der Waals surface area contributed by atoms with E-state index in [-0.39, 0.29) is 6.42 Å². The Kier molecular flexibility index (Phi) is 4.08. The maximum atomic E-state index is 11.9. The van der Waals surface area contributed by atoms with Crippen LogP contribution in [0.4, 0.5) is 0 Å². The third-order valence-corrected chi connectivity index (χ3v) is 3.69. The van der Waals surface area contributed by atoms with Crippen molar-refractivity contribution in [3.63, 3.8) is 0 Å². The summed E-state index contributed by atoms with van der Waals surface area (Å²) in [6, 6.07) is 0. The zero-order valence-corrected chi connectivity index (χ0v) is 10.6. The molecule has 0 aromatic carbocycles. The summed E-state index contributed by atoms with van der Waals surface area (Å²) >= 11 is 0. The molecule has 18 heavy (non-hydrogen) atoms. The smallest absolute Gasteiger partial charge is 0.337 e. The second-order valence-corrected chi connectivity index (χ2v) is 4.31. The number of methoxy groups -OCH3 is 2. The number of nitrogens with one attached hydrogen (secondary N) is 1. The van der Waals surface area contributed by atoms with E-state index in [2.05, 4.69) is 10.1 Å². The van der Waals surface area contributed by atoms with Gasteiger partial charge in [-0.3, -0.25) is 4.79 Å². The van der Waals surface area contributed by atoms with Gasteiger partial charge in [-0.2, -0.15) is 0 Å². The lowest BCUT2D eigenvalue weighted by atomic mass is 9.75. The molecule has 3 atom stereocenters. The molecule has 1 saturated heterocycles. The molecule has 1 amide bonds. The monoisotopic (exact) mass is 259 g/mol. The molecular formula is C11H17NO6. The number of aliphatic hydroxyl groups excluding tert-OH is 1. The number of ether oxygens (including phenoxy) is 2. The van der Waals surface area contributed by atoms with Crippen molar-refractivity contribution < 1.29 is 29.0 Å². The first-order valence-corrected chi connectivity index (χ1v) is 5.43. The zero-order valence-electron chi connectivity index (χ0n) is 10.6. The topological polar surface area (TPSA) is 102 Å². The predicted octanol–water partition coefficient (Wildman–Crippen LogP) is -1.37. The number of carbonyl (C=O) groups is 3. The largest absolute Gasteiger partial charge is 0.467 e. The highest BCUT2D eigenvalue weighted by Crippen LogP contribution is 2.41. The maximum Gasteiger partial charge on any atom is 0.337 e. The Balaban J connectivity index is 3.31. The SMILES string of the molecule is COC(=O)[C@]1(CO)NC(=O)[C@H](CC=O)[C@]1(C)OC. The van der Waals surface area contributed by atoms with Crippen LogP contribution in [0.25, 0.3) is 0 Å². The molecule has 102 valence electrons. The quantitative estimate of drug-likeness (QED) is 0.466.